The minimum Gasteiger partial charge on any atom is -0.332 e. The van der Waals surface area contributed by atoms with E-state index in [1.807, 2.05) is 0 Å². The van der Waals surface area contributed by atoms with E-state index in [-0.39, 0.29) is 15.4 Å². The van der Waals surface area contributed by atoms with Gasteiger partial charge in [-0.15, -0.1) is 0 Å². The predicted octanol–water partition coefficient (Wildman–Crippen LogP) is 1.83. The van der Waals surface area contributed by atoms with Gasteiger partial charge in [-0.25, -0.2) is 15.0 Å². The van der Waals surface area contributed by atoms with Gasteiger partial charge in [-0.2, -0.15) is 8.42 Å². The van der Waals surface area contributed by atoms with Gasteiger partial charge in [-0.3, -0.25) is 4.72 Å². The van der Waals surface area contributed by atoms with Crippen LogP contribution < -0.4 is 4.72 Å². The maximum Gasteiger partial charge on any atom is 0.280 e. The number of aromatic amines is 1. The fourth-order valence-electron chi connectivity index (χ4n) is 1.13. The van der Waals surface area contributed by atoms with Crippen molar-refractivity contribution in [3.05, 3.63) is 27.4 Å². The molecule has 0 saturated heterocycles. The van der Waals surface area contributed by atoms with Crippen molar-refractivity contribution in [3.63, 3.8) is 0 Å². The minimum absolute atomic E-state index is 0.0309. The molecule has 0 saturated carbocycles. The smallest absolute Gasteiger partial charge is 0.280 e. The fourth-order valence-corrected chi connectivity index (χ4v) is 3.16. The molecule has 18 heavy (non-hydrogen) atoms. The molecule has 0 aliphatic carbocycles. The lowest BCUT2D eigenvalue weighted by Crippen LogP contribution is -2.15. The van der Waals surface area contributed by atoms with Crippen LogP contribution in [-0.2, 0) is 10.0 Å². The first-order valence-electron chi connectivity index (χ1n) is 4.61. The van der Waals surface area contributed by atoms with Gasteiger partial charge in [-0.05, 0) is 38.8 Å². The molecule has 2 rings (SSSR count). The van der Waals surface area contributed by atoms with Gasteiger partial charge in [0, 0.05) is 0 Å². The Balaban J connectivity index is 2.33. The van der Waals surface area contributed by atoms with Crippen molar-refractivity contribution in [2.24, 2.45) is 0 Å². The van der Waals surface area contributed by atoms with Gasteiger partial charge in [0.25, 0.3) is 10.0 Å². The number of anilines is 1. The van der Waals surface area contributed by atoms with E-state index in [4.69, 9.17) is 0 Å². The van der Waals surface area contributed by atoms with Crippen LogP contribution in [0.4, 0.5) is 5.82 Å². The summed E-state index contributed by atoms with van der Waals surface area (Å²) in [6.07, 6.45) is 2.62. The molecule has 0 unspecified atom stereocenters. The number of aryl methyl sites for hydroxylation is 1. The van der Waals surface area contributed by atoms with Crippen LogP contribution in [0.1, 0.15) is 5.82 Å². The van der Waals surface area contributed by atoms with Crippen LogP contribution in [0.15, 0.2) is 26.6 Å². The van der Waals surface area contributed by atoms with Crippen molar-refractivity contribution in [1.29, 1.82) is 0 Å². The number of hydrogen-bond acceptors (Lipinski definition) is 5. The number of aromatic nitrogens is 4. The van der Waals surface area contributed by atoms with Crippen molar-refractivity contribution >= 4 is 47.7 Å². The summed E-state index contributed by atoms with van der Waals surface area (Å²) in [7, 11) is -3.74. The minimum atomic E-state index is -3.74. The van der Waals surface area contributed by atoms with Gasteiger partial charge in [0.15, 0.2) is 15.4 Å². The normalized spacial score (nSPS) is 11.5. The molecule has 0 bridgehead atoms. The molecule has 10 heteroatoms. The molecule has 2 N–H and O–H groups in total. The third kappa shape index (κ3) is 2.87. The van der Waals surface area contributed by atoms with E-state index in [1.165, 1.54) is 12.4 Å². The summed E-state index contributed by atoms with van der Waals surface area (Å²) in [6.45, 7) is 1.66. The van der Waals surface area contributed by atoms with Crippen molar-refractivity contribution in [3.8, 4) is 0 Å². The SMILES string of the molecule is Cc1ncc(S(=O)(=O)Nc2ncc(Br)nc2Br)[nH]1. The molecule has 0 atom stereocenters. The van der Waals surface area contributed by atoms with Crippen LogP contribution in [-0.4, -0.2) is 28.4 Å². The highest BCUT2D eigenvalue weighted by atomic mass is 79.9. The van der Waals surface area contributed by atoms with Gasteiger partial charge in [0.05, 0.1) is 12.4 Å². The van der Waals surface area contributed by atoms with Crippen LogP contribution in [0.2, 0.25) is 0 Å². The van der Waals surface area contributed by atoms with Crippen LogP contribution >= 0.6 is 31.9 Å². The van der Waals surface area contributed by atoms with Crippen LogP contribution in [0.5, 0.6) is 0 Å². The van der Waals surface area contributed by atoms with Crippen molar-refractivity contribution in [2.45, 2.75) is 11.9 Å². The van der Waals surface area contributed by atoms with Crippen LogP contribution in [0.25, 0.3) is 0 Å². The van der Waals surface area contributed by atoms with E-state index < -0.39 is 10.0 Å². The Kier molecular flexibility index (Phi) is 3.69. The molecule has 0 aliphatic heterocycles. The topological polar surface area (TPSA) is 101 Å². The van der Waals surface area contributed by atoms with E-state index in [9.17, 15) is 8.42 Å². The molecular weight excluding hydrogens is 390 g/mol. The van der Waals surface area contributed by atoms with Gasteiger partial charge in [-0.1, -0.05) is 0 Å². The second-order valence-corrected chi connectivity index (χ2v) is 6.48. The van der Waals surface area contributed by atoms with Crippen LogP contribution in [0.3, 0.4) is 0 Å². The molecule has 2 aromatic rings. The Bertz CT molecular complexity index is 685. The molecule has 0 radical (unpaired) electrons. The maximum atomic E-state index is 12.0. The number of rotatable bonds is 3. The molecule has 0 aromatic carbocycles. The summed E-state index contributed by atoms with van der Waals surface area (Å²) >= 11 is 6.25. The first-order valence-corrected chi connectivity index (χ1v) is 7.68. The van der Waals surface area contributed by atoms with Gasteiger partial charge >= 0.3 is 0 Å². The highest BCUT2D eigenvalue weighted by Crippen LogP contribution is 2.21. The Morgan fingerprint density at radius 3 is 2.56 bits per heavy atom. The molecule has 0 fully saturated rings. The van der Waals surface area contributed by atoms with E-state index >= 15 is 0 Å². The van der Waals surface area contributed by atoms with Crippen molar-refractivity contribution in [1.82, 2.24) is 19.9 Å². The Labute approximate surface area is 120 Å². The summed E-state index contributed by atoms with van der Waals surface area (Å²) in [5, 5.41) is -0.0309. The van der Waals surface area contributed by atoms with E-state index in [1.54, 1.807) is 6.92 Å². The second kappa shape index (κ2) is 4.94. The number of nitrogens with zero attached hydrogens (tertiary/aromatic N) is 3. The summed E-state index contributed by atoms with van der Waals surface area (Å²) in [5.74, 6) is 0.613. The molecule has 2 heterocycles. The van der Waals surface area contributed by atoms with E-state index in [0.717, 1.165) is 0 Å². The first kappa shape index (κ1) is 13.4. The molecule has 2 aromatic heterocycles. The standard InChI is InChI=1S/C8H7Br2N5O2S/c1-4-11-3-6(13-4)18(16,17)15-8-7(10)14-5(9)2-12-8/h2-3H,1H3,(H,11,13)(H,12,15). The zero-order valence-corrected chi connectivity index (χ0v) is 13.0. The van der Waals surface area contributed by atoms with Gasteiger partial charge in [0.1, 0.15) is 10.4 Å². The molecule has 7 nitrogen and oxygen atoms in total. The highest BCUT2D eigenvalue weighted by Gasteiger charge is 2.19. The van der Waals surface area contributed by atoms with Crippen molar-refractivity contribution < 1.29 is 8.42 Å². The Hall–Kier alpha value is -1.00. The monoisotopic (exact) mass is 395 g/mol. The Morgan fingerprint density at radius 2 is 2.00 bits per heavy atom. The molecule has 0 aliphatic rings. The average molecular weight is 397 g/mol. The second-order valence-electron chi connectivity index (χ2n) is 3.27. The van der Waals surface area contributed by atoms with Crippen molar-refractivity contribution in [2.75, 3.05) is 4.72 Å². The van der Waals surface area contributed by atoms with Crippen LogP contribution in [0, 0.1) is 6.92 Å². The summed E-state index contributed by atoms with van der Waals surface area (Å²) in [5.41, 5.74) is 0. The van der Waals surface area contributed by atoms with E-state index in [0.29, 0.717) is 10.4 Å². The number of imidazole rings is 1. The molecule has 0 spiro atoms. The first-order chi connectivity index (χ1) is 8.38. The quantitative estimate of drug-likeness (QED) is 0.824. The highest BCUT2D eigenvalue weighted by molar-refractivity contribution is 9.11. The predicted molar refractivity (Wildman–Crippen MR) is 71.6 cm³/mol. The number of sulfonamides is 1. The molecular formula is C8H7Br2N5O2S. The lowest BCUT2D eigenvalue weighted by Gasteiger charge is -2.06. The van der Waals surface area contributed by atoms with Gasteiger partial charge in [0.2, 0.25) is 0 Å². The third-order valence-corrected chi connectivity index (χ3v) is 4.08. The molecule has 96 valence electrons. The summed E-state index contributed by atoms with van der Waals surface area (Å²) in [4.78, 5) is 14.4. The van der Waals surface area contributed by atoms with Gasteiger partial charge < -0.3 is 4.98 Å². The third-order valence-electron chi connectivity index (χ3n) is 1.90. The number of halogens is 2. The summed E-state index contributed by atoms with van der Waals surface area (Å²) in [6, 6.07) is 0. The lowest BCUT2D eigenvalue weighted by molar-refractivity contribution is 0.598. The Morgan fingerprint density at radius 1 is 1.28 bits per heavy atom. The fraction of sp³-hybridized carbons (Fsp3) is 0.125. The zero-order chi connectivity index (χ0) is 13.3. The number of nitrogens with one attached hydrogen (secondary N) is 2. The summed E-state index contributed by atoms with van der Waals surface area (Å²) < 4.78 is 27.0. The average Bonchev–Trinajstić information content (AvgIpc) is 2.70. The zero-order valence-electron chi connectivity index (χ0n) is 8.98. The lowest BCUT2D eigenvalue weighted by atomic mass is 10.7. The molecule has 0 amide bonds. The van der Waals surface area contributed by atoms with E-state index in [2.05, 4.69) is 56.5 Å². The maximum absolute atomic E-state index is 12.0. The largest absolute Gasteiger partial charge is 0.332 e. The number of H-pyrrole nitrogens is 1. The number of hydrogen-bond donors (Lipinski definition) is 2.